The van der Waals surface area contributed by atoms with Gasteiger partial charge in [-0.1, -0.05) is 12.1 Å². The molecule has 0 radical (unpaired) electrons. The van der Waals surface area contributed by atoms with Crippen molar-refractivity contribution >= 4 is 16.8 Å². The fraction of sp³-hybridized carbons (Fsp3) is 0.167. The number of nitrogens with zero attached hydrogens (tertiary/aromatic N) is 1. The summed E-state index contributed by atoms with van der Waals surface area (Å²) in [5.74, 6) is -8.90. The Hall–Kier alpha value is -3.75. The maximum Gasteiger partial charge on any atom is 0.454 e. The second-order valence-corrected chi connectivity index (χ2v) is 6.01. The van der Waals surface area contributed by atoms with Crippen LogP contribution in [0.25, 0.3) is 11.0 Å². The van der Waals surface area contributed by atoms with E-state index in [-0.39, 0.29) is 11.0 Å². The van der Waals surface area contributed by atoms with Crippen LogP contribution in [0.4, 0.5) is 26.3 Å². The van der Waals surface area contributed by atoms with Crippen LogP contribution >= 0.6 is 0 Å². The minimum Gasteiger partial charge on any atom is -0.464 e. The predicted octanol–water partition coefficient (Wildman–Crippen LogP) is 3.55. The molecular weight excluding hydrogens is 422 g/mol. The minimum absolute atomic E-state index is 0.0162. The van der Waals surface area contributed by atoms with Crippen molar-refractivity contribution in [2.75, 3.05) is 0 Å². The maximum absolute atomic E-state index is 13.4. The van der Waals surface area contributed by atoms with E-state index in [0.717, 1.165) is 0 Å². The first-order chi connectivity index (χ1) is 13.9. The number of Topliss-reactive ketones (excluding diaryl/α,β-unsaturated/α-hetero) is 1. The molecule has 6 nitrogen and oxygen atoms in total. The van der Waals surface area contributed by atoms with Crippen molar-refractivity contribution in [3.63, 3.8) is 0 Å². The quantitative estimate of drug-likeness (QED) is 0.731. The summed E-state index contributed by atoms with van der Waals surface area (Å²) in [7, 11) is 0. The molecule has 0 amide bonds. The van der Waals surface area contributed by atoms with Gasteiger partial charge in [0.15, 0.2) is 5.43 Å². The number of benzene rings is 1. The average molecular weight is 430 g/mol. The molecule has 0 saturated heterocycles. The molecular formula is C18H8F6N2O4. The molecule has 156 valence electrons. The molecule has 2 N–H and O–H groups in total. The molecule has 0 spiro atoms. The van der Waals surface area contributed by atoms with E-state index in [4.69, 9.17) is 10.2 Å². The van der Waals surface area contributed by atoms with Gasteiger partial charge in [-0.25, -0.2) is 0 Å². The Labute approximate surface area is 162 Å². The van der Waals surface area contributed by atoms with Crippen LogP contribution in [0.2, 0.25) is 0 Å². The number of nitriles is 1. The number of hydrogen-bond donors (Lipinski definition) is 1. The molecule has 0 fully saturated rings. The number of nitrogens with two attached hydrogens (primary N) is 1. The first kappa shape index (κ1) is 21.0. The number of allylic oxidation sites excluding steroid dienone is 3. The van der Waals surface area contributed by atoms with E-state index in [0.29, 0.717) is 6.26 Å². The Morgan fingerprint density at radius 3 is 2.33 bits per heavy atom. The van der Waals surface area contributed by atoms with Gasteiger partial charge in [-0.15, -0.1) is 0 Å². The number of ketones is 1. The Morgan fingerprint density at radius 1 is 1.13 bits per heavy atom. The van der Waals surface area contributed by atoms with Gasteiger partial charge in [0.2, 0.25) is 11.6 Å². The van der Waals surface area contributed by atoms with Crippen LogP contribution < -0.4 is 11.2 Å². The Balaban J connectivity index is 2.43. The lowest BCUT2D eigenvalue weighted by Crippen LogP contribution is -2.37. The van der Waals surface area contributed by atoms with Crippen molar-refractivity contribution < 1.29 is 40.3 Å². The predicted molar refractivity (Wildman–Crippen MR) is 87.3 cm³/mol. The highest BCUT2D eigenvalue weighted by molar-refractivity contribution is 6.02. The van der Waals surface area contributed by atoms with Crippen LogP contribution in [0.5, 0.6) is 0 Å². The van der Waals surface area contributed by atoms with E-state index in [1.165, 1.54) is 30.3 Å². The van der Waals surface area contributed by atoms with Crippen LogP contribution in [0.3, 0.4) is 0 Å². The molecule has 12 heteroatoms. The van der Waals surface area contributed by atoms with E-state index in [1.807, 2.05) is 0 Å². The number of carbonyl (C=O) groups excluding carboxylic acids is 1. The summed E-state index contributed by atoms with van der Waals surface area (Å²) in [4.78, 5) is 24.7. The van der Waals surface area contributed by atoms with E-state index in [2.05, 4.69) is 4.74 Å². The molecule has 0 aliphatic carbocycles. The molecule has 1 aliphatic heterocycles. The number of carbonyl (C=O) groups is 1. The van der Waals surface area contributed by atoms with E-state index >= 15 is 0 Å². The summed E-state index contributed by atoms with van der Waals surface area (Å²) in [6, 6.07) is 6.70. The average Bonchev–Trinajstić information content (AvgIpc) is 2.66. The number of fused-ring (bicyclic) bond motifs is 1. The number of halogens is 6. The third-order valence-electron chi connectivity index (χ3n) is 4.20. The first-order valence-corrected chi connectivity index (χ1v) is 7.88. The summed E-state index contributed by atoms with van der Waals surface area (Å²) in [5, 5.41) is 9.10. The highest BCUT2D eigenvalue weighted by atomic mass is 19.4. The van der Waals surface area contributed by atoms with Gasteiger partial charge in [0.25, 0.3) is 5.78 Å². The molecule has 2 heterocycles. The summed E-state index contributed by atoms with van der Waals surface area (Å²) in [5.41, 5.74) is 0.484. The van der Waals surface area contributed by atoms with Crippen molar-refractivity contribution in [3.05, 3.63) is 69.1 Å². The van der Waals surface area contributed by atoms with Gasteiger partial charge in [0, 0.05) is 5.56 Å². The fourth-order valence-electron chi connectivity index (χ4n) is 2.96. The van der Waals surface area contributed by atoms with Crippen LogP contribution in [-0.4, -0.2) is 18.1 Å². The Bertz CT molecular complexity index is 1210. The molecule has 0 bridgehead atoms. The van der Waals surface area contributed by atoms with E-state index in [1.54, 1.807) is 0 Å². The molecule has 0 saturated carbocycles. The smallest absolute Gasteiger partial charge is 0.454 e. The minimum atomic E-state index is -5.77. The number of ether oxygens (including phenoxy) is 1. The van der Waals surface area contributed by atoms with Gasteiger partial charge in [0.05, 0.1) is 23.1 Å². The summed E-state index contributed by atoms with van der Waals surface area (Å²) >= 11 is 0. The topological polar surface area (TPSA) is 106 Å². The standard InChI is InChI=1S/C18H8F6N2O4/c19-17(20,21)14(28)12-11(8(5-25)16(26)30-15(12)18(22,23)24)9-6-29-10-4-2-1-3-7(10)13(9)27/h1-4,6,11H,26H2. The van der Waals surface area contributed by atoms with Gasteiger partial charge in [0.1, 0.15) is 17.2 Å². The second-order valence-electron chi connectivity index (χ2n) is 6.01. The zero-order valence-corrected chi connectivity index (χ0v) is 14.4. The van der Waals surface area contributed by atoms with Crippen LogP contribution in [0, 0.1) is 11.3 Å². The molecule has 1 atom stereocenters. The number of rotatable bonds is 2. The molecule has 3 rings (SSSR count). The highest BCUT2D eigenvalue weighted by Crippen LogP contribution is 2.45. The van der Waals surface area contributed by atoms with Gasteiger partial charge in [-0.2, -0.15) is 31.6 Å². The van der Waals surface area contributed by atoms with Crippen molar-refractivity contribution in [2.45, 2.75) is 18.3 Å². The lowest BCUT2D eigenvalue weighted by Gasteiger charge is -2.29. The van der Waals surface area contributed by atoms with Gasteiger partial charge < -0.3 is 14.9 Å². The largest absolute Gasteiger partial charge is 0.464 e. The number of hydrogen-bond acceptors (Lipinski definition) is 6. The van der Waals surface area contributed by atoms with E-state index < -0.39 is 57.8 Å². The molecule has 1 unspecified atom stereocenters. The van der Waals surface area contributed by atoms with Crippen molar-refractivity contribution in [1.82, 2.24) is 0 Å². The number of para-hydroxylation sites is 1. The zero-order chi connectivity index (χ0) is 22.4. The highest BCUT2D eigenvalue weighted by Gasteiger charge is 2.54. The van der Waals surface area contributed by atoms with Gasteiger partial charge >= 0.3 is 12.4 Å². The van der Waals surface area contributed by atoms with Crippen molar-refractivity contribution in [1.29, 1.82) is 5.26 Å². The Morgan fingerprint density at radius 2 is 1.77 bits per heavy atom. The zero-order valence-electron chi connectivity index (χ0n) is 14.4. The molecule has 30 heavy (non-hydrogen) atoms. The molecule has 2 aromatic rings. The first-order valence-electron chi connectivity index (χ1n) is 7.88. The summed E-state index contributed by atoms with van der Waals surface area (Å²) < 4.78 is 89.0. The summed E-state index contributed by atoms with van der Waals surface area (Å²) in [6.45, 7) is 0. The van der Waals surface area contributed by atoms with Crippen molar-refractivity contribution in [2.24, 2.45) is 5.73 Å². The summed E-state index contributed by atoms with van der Waals surface area (Å²) in [6.07, 6.45) is -10.8. The second kappa shape index (κ2) is 6.94. The van der Waals surface area contributed by atoms with Crippen LogP contribution in [-0.2, 0) is 9.53 Å². The SMILES string of the molecule is N#CC1=C(N)OC(C(F)(F)F)=C(C(=O)C(F)(F)F)C1c1coc2ccccc2c1=O. The third-order valence-corrected chi connectivity index (χ3v) is 4.20. The number of alkyl halides is 6. The van der Waals surface area contributed by atoms with Crippen molar-refractivity contribution in [3.8, 4) is 6.07 Å². The molecule has 1 aromatic carbocycles. The maximum atomic E-state index is 13.4. The van der Waals surface area contributed by atoms with E-state index in [9.17, 15) is 41.2 Å². The van der Waals surface area contributed by atoms with Crippen LogP contribution in [0.15, 0.2) is 62.5 Å². The normalized spacial score (nSPS) is 17.7. The fourth-order valence-corrected chi connectivity index (χ4v) is 2.96. The third kappa shape index (κ3) is 3.38. The molecule has 1 aromatic heterocycles. The lowest BCUT2D eigenvalue weighted by atomic mass is 9.81. The van der Waals surface area contributed by atoms with Crippen LogP contribution in [0.1, 0.15) is 11.5 Å². The Kier molecular flexibility index (Phi) is 4.85. The molecule has 1 aliphatic rings. The lowest BCUT2D eigenvalue weighted by molar-refractivity contribution is -0.169. The van der Waals surface area contributed by atoms with Gasteiger partial charge in [-0.3, -0.25) is 9.59 Å². The van der Waals surface area contributed by atoms with Gasteiger partial charge in [-0.05, 0) is 12.1 Å². The monoisotopic (exact) mass is 430 g/mol.